The molecule has 2 fully saturated rings. The highest BCUT2D eigenvalue weighted by Crippen LogP contribution is 2.26. The molecule has 0 spiro atoms. The van der Waals surface area contributed by atoms with Crippen molar-refractivity contribution in [2.75, 3.05) is 32.7 Å². The highest BCUT2D eigenvalue weighted by Gasteiger charge is 2.43. The van der Waals surface area contributed by atoms with Gasteiger partial charge in [-0.2, -0.15) is 8.78 Å². The second kappa shape index (κ2) is 9.20. The number of nitrogens with zero attached hydrogens (tertiary/aromatic N) is 4. The van der Waals surface area contributed by atoms with Gasteiger partial charge < -0.3 is 4.90 Å². The summed E-state index contributed by atoms with van der Waals surface area (Å²) in [7, 11) is 0. The Hall–Kier alpha value is -1.10. The minimum absolute atomic E-state index is 0. The van der Waals surface area contributed by atoms with Crippen molar-refractivity contribution < 1.29 is 22.4 Å². The van der Waals surface area contributed by atoms with Crippen LogP contribution in [0.15, 0.2) is 12.4 Å². The summed E-state index contributed by atoms with van der Waals surface area (Å²) in [6, 6.07) is -0.843. The Morgan fingerprint density at radius 2 is 1.92 bits per heavy atom. The zero-order valence-corrected chi connectivity index (χ0v) is 15.4. The molecule has 1 atom stereocenters. The molecular formula is C14H21Cl2F4N5O. The maximum absolute atomic E-state index is 13.2. The summed E-state index contributed by atoms with van der Waals surface area (Å²) in [5.74, 6) is -2.89. The molecule has 0 aromatic carbocycles. The summed E-state index contributed by atoms with van der Waals surface area (Å²) in [6.45, 7) is -1.09. The Bertz CT molecular complexity index is 596. The van der Waals surface area contributed by atoms with E-state index >= 15 is 0 Å². The van der Waals surface area contributed by atoms with Crippen LogP contribution >= 0.6 is 24.8 Å². The summed E-state index contributed by atoms with van der Waals surface area (Å²) >= 11 is 0. The summed E-state index contributed by atoms with van der Waals surface area (Å²) in [5.41, 5.74) is 0. The molecule has 0 saturated carbocycles. The minimum Gasteiger partial charge on any atom is -0.339 e. The topological polar surface area (TPSA) is 53.4 Å². The smallest absolute Gasteiger partial charge is 0.319 e. The molecule has 2 saturated heterocycles. The third-order valence-electron chi connectivity index (χ3n) is 4.42. The first-order valence-electron chi connectivity index (χ1n) is 7.78. The second-order valence-corrected chi connectivity index (χ2v) is 6.12. The van der Waals surface area contributed by atoms with E-state index in [1.807, 2.05) is 4.90 Å². The van der Waals surface area contributed by atoms with Crippen molar-refractivity contribution in [1.82, 2.24) is 24.7 Å². The van der Waals surface area contributed by atoms with Gasteiger partial charge in [0.25, 0.3) is 5.92 Å². The van der Waals surface area contributed by atoms with Crippen LogP contribution in [0, 0.1) is 0 Å². The Balaban J connectivity index is 0.00000169. The molecule has 6 nitrogen and oxygen atoms in total. The van der Waals surface area contributed by atoms with Crippen LogP contribution < -0.4 is 5.32 Å². The number of hydrogen-bond acceptors (Lipinski definition) is 4. The molecule has 12 heteroatoms. The van der Waals surface area contributed by atoms with Crippen LogP contribution in [0.25, 0.3) is 0 Å². The molecule has 1 aromatic rings. The van der Waals surface area contributed by atoms with E-state index in [0.717, 1.165) is 4.57 Å². The standard InChI is InChI=1S/C14H19F4N5O.2ClH/c15-13(16)23-2-1-19-11(23)8-21-3-5-22(6-4-21)12(24)10-7-14(17,18)9-20-10;;/h1-2,10,13,20H,3-9H2;2*1H. The average molecular weight is 422 g/mol. The quantitative estimate of drug-likeness (QED) is 0.752. The molecular weight excluding hydrogens is 401 g/mol. The highest BCUT2D eigenvalue weighted by molar-refractivity contribution is 5.85. The molecule has 150 valence electrons. The number of hydrogen-bond donors (Lipinski definition) is 1. The first kappa shape index (κ1) is 22.9. The van der Waals surface area contributed by atoms with Crippen molar-refractivity contribution >= 4 is 30.7 Å². The van der Waals surface area contributed by atoms with E-state index in [1.54, 1.807) is 4.90 Å². The van der Waals surface area contributed by atoms with E-state index in [1.165, 1.54) is 12.4 Å². The predicted octanol–water partition coefficient (Wildman–Crippen LogP) is 1.76. The number of rotatable bonds is 4. The predicted molar refractivity (Wildman–Crippen MR) is 91.2 cm³/mol. The molecule has 3 heterocycles. The van der Waals surface area contributed by atoms with Crippen molar-refractivity contribution in [3.05, 3.63) is 18.2 Å². The van der Waals surface area contributed by atoms with Crippen molar-refractivity contribution in [3.63, 3.8) is 0 Å². The molecule has 0 radical (unpaired) electrons. The van der Waals surface area contributed by atoms with Crippen LogP contribution in [-0.2, 0) is 11.3 Å². The molecule has 1 aromatic heterocycles. The van der Waals surface area contributed by atoms with Gasteiger partial charge in [0.2, 0.25) is 5.91 Å². The lowest BCUT2D eigenvalue weighted by molar-refractivity contribution is -0.135. The van der Waals surface area contributed by atoms with E-state index in [-0.39, 0.29) is 43.1 Å². The molecule has 2 aliphatic rings. The Morgan fingerprint density at radius 1 is 1.27 bits per heavy atom. The van der Waals surface area contributed by atoms with E-state index in [4.69, 9.17) is 0 Å². The zero-order chi connectivity index (χ0) is 17.3. The number of carbonyl (C=O) groups excluding carboxylic acids is 1. The number of imidazole rings is 1. The lowest BCUT2D eigenvalue weighted by Crippen LogP contribution is -2.52. The number of piperazine rings is 1. The van der Waals surface area contributed by atoms with Crippen molar-refractivity contribution in [3.8, 4) is 0 Å². The third-order valence-corrected chi connectivity index (χ3v) is 4.42. The van der Waals surface area contributed by atoms with Gasteiger partial charge in [-0.1, -0.05) is 0 Å². The SMILES string of the molecule is Cl.Cl.O=C(C1CC(F)(F)CN1)N1CCN(Cc2nccn2C(F)F)CC1. The van der Waals surface area contributed by atoms with Crippen LogP contribution in [0.3, 0.4) is 0 Å². The summed E-state index contributed by atoms with van der Waals surface area (Å²) < 4.78 is 52.8. The monoisotopic (exact) mass is 421 g/mol. The fourth-order valence-corrected chi connectivity index (χ4v) is 3.08. The summed E-state index contributed by atoms with van der Waals surface area (Å²) in [6.07, 6.45) is 2.08. The van der Waals surface area contributed by atoms with Gasteiger partial charge in [-0.15, -0.1) is 24.8 Å². The normalized spacial score (nSPS) is 22.8. The molecule has 3 rings (SSSR count). The second-order valence-electron chi connectivity index (χ2n) is 6.12. The van der Waals surface area contributed by atoms with E-state index in [2.05, 4.69) is 10.3 Å². The van der Waals surface area contributed by atoms with E-state index < -0.39 is 31.5 Å². The Morgan fingerprint density at radius 3 is 2.46 bits per heavy atom. The molecule has 1 N–H and O–H groups in total. The number of nitrogens with one attached hydrogen (secondary N) is 1. The highest BCUT2D eigenvalue weighted by atomic mass is 35.5. The zero-order valence-electron chi connectivity index (χ0n) is 13.8. The maximum Gasteiger partial charge on any atom is 0.319 e. The van der Waals surface area contributed by atoms with E-state index in [9.17, 15) is 22.4 Å². The van der Waals surface area contributed by atoms with Gasteiger partial charge >= 0.3 is 6.55 Å². The summed E-state index contributed by atoms with van der Waals surface area (Å²) in [5, 5.41) is 2.56. The van der Waals surface area contributed by atoms with Gasteiger partial charge in [-0.3, -0.25) is 19.6 Å². The number of amides is 1. The van der Waals surface area contributed by atoms with Crippen LogP contribution in [-0.4, -0.2) is 69.9 Å². The average Bonchev–Trinajstić information content (AvgIpc) is 3.13. The molecule has 2 aliphatic heterocycles. The first-order chi connectivity index (χ1) is 11.4. The first-order valence-corrected chi connectivity index (χ1v) is 7.78. The Labute approximate surface area is 160 Å². The molecule has 26 heavy (non-hydrogen) atoms. The Kier molecular flexibility index (Phi) is 8.12. The van der Waals surface area contributed by atoms with Crippen molar-refractivity contribution in [2.45, 2.75) is 31.5 Å². The third kappa shape index (κ3) is 5.21. The number of carbonyl (C=O) groups is 1. The lowest BCUT2D eigenvalue weighted by atomic mass is 10.1. The maximum atomic E-state index is 13.2. The summed E-state index contributed by atoms with van der Waals surface area (Å²) in [4.78, 5) is 19.7. The number of aromatic nitrogens is 2. The van der Waals surface area contributed by atoms with Crippen LogP contribution in [0.4, 0.5) is 17.6 Å². The number of alkyl halides is 4. The molecule has 1 amide bonds. The van der Waals surface area contributed by atoms with Gasteiger partial charge in [0, 0.05) is 45.0 Å². The van der Waals surface area contributed by atoms with Crippen LogP contribution in [0.5, 0.6) is 0 Å². The largest absolute Gasteiger partial charge is 0.339 e. The fourth-order valence-electron chi connectivity index (χ4n) is 3.08. The van der Waals surface area contributed by atoms with Crippen LogP contribution in [0.1, 0.15) is 18.8 Å². The fraction of sp³-hybridized carbons (Fsp3) is 0.714. The lowest BCUT2D eigenvalue weighted by Gasteiger charge is -2.35. The van der Waals surface area contributed by atoms with E-state index in [0.29, 0.717) is 26.2 Å². The molecule has 1 unspecified atom stereocenters. The minimum atomic E-state index is -2.84. The van der Waals surface area contributed by atoms with Gasteiger partial charge in [0.15, 0.2) is 0 Å². The van der Waals surface area contributed by atoms with Gasteiger partial charge in [-0.25, -0.2) is 13.8 Å². The van der Waals surface area contributed by atoms with Crippen LogP contribution in [0.2, 0.25) is 0 Å². The van der Waals surface area contributed by atoms with Crippen molar-refractivity contribution in [2.24, 2.45) is 0 Å². The molecule has 0 aliphatic carbocycles. The molecule has 0 bridgehead atoms. The van der Waals surface area contributed by atoms with Crippen molar-refractivity contribution in [1.29, 1.82) is 0 Å². The van der Waals surface area contributed by atoms with Gasteiger partial charge in [0.05, 0.1) is 19.1 Å². The van der Waals surface area contributed by atoms with Gasteiger partial charge in [0.1, 0.15) is 5.82 Å². The van der Waals surface area contributed by atoms with Gasteiger partial charge in [-0.05, 0) is 0 Å². The number of halogens is 6.